The van der Waals surface area contributed by atoms with Crippen molar-refractivity contribution < 1.29 is 19.0 Å². The first-order chi connectivity index (χ1) is 12.8. The second kappa shape index (κ2) is 9.31. The SMILES string of the molecule is COc1cccc(OCCNC(=O)[C@H](C)Oc2ccc(C(C)(C)C)cc2)c1. The normalized spacial score (nSPS) is 12.2. The fraction of sp³-hybridized carbons (Fsp3) is 0.409. The Morgan fingerprint density at radius 3 is 2.33 bits per heavy atom. The Kier molecular flexibility index (Phi) is 7.11. The molecular weight excluding hydrogens is 342 g/mol. The van der Waals surface area contributed by atoms with Crippen molar-refractivity contribution in [2.24, 2.45) is 0 Å². The first-order valence-corrected chi connectivity index (χ1v) is 9.11. The lowest BCUT2D eigenvalue weighted by Crippen LogP contribution is -2.38. The molecule has 2 rings (SSSR count). The molecule has 0 saturated carbocycles. The van der Waals surface area contributed by atoms with E-state index in [4.69, 9.17) is 14.2 Å². The highest BCUT2D eigenvalue weighted by Gasteiger charge is 2.16. The van der Waals surface area contributed by atoms with Crippen LogP contribution in [0.5, 0.6) is 17.2 Å². The van der Waals surface area contributed by atoms with E-state index in [1.165, 1.54) is 5.56 Å². The van der Waals surface area contributed by atoms with Gasteiger partial charge in [0.1, 0.15) is 23.9 Å². The van der Waals surface area contributed by atoms with Crippen molar-refractivity contribution in [3.8, 4) is 17.2 Å². The van der Waals surface area contributed by atoms with Crippen molar-refractivity contribution in [3.63, 3.8) is 0 Å². The lowest BCUT2D eigenvalue weighted by Gasteiger charge is -2.20. The number of benzene rings is 2. The van der Waals surface area contributed by atoms with Gasteiger partial charge in [0.25, 0.3) is 5.91 Å². The molecule has 0 aliphatic carbocycles. The Bertz CT molecular complexity index is 735. The van der Waals surface area contributed by atoms with E-state index in [2.05, 4.69) is 26.1 Å². The van der Waals surface area contributed by atoms with Gasteiger partial charge in [-0.1, -0.05) is 39.0 Å². The fourth-order valence-corrected chi connectivity index (χ4v) is 2.47. The maximum absolute atomic E-state index is 12.2. The number of hydrogen-bond acceptors (Lipinski definition) is 4. The summed E-state index contributed by atoms with van der Waals surface area (Å²) >= 11 is 0. The van der Waals surface area contributed by atoms with Gasteiger partial charge in [0.15, 0.2) is 6.10 Å². The molecule has 0 spiro atoms. The Hall–Kier alpha value is -2.69. The van der Waals surface area contributed by atoms with E-state index < -0.39 is 6.10 Å². The molecule has 0 aliphatic rings. The Balaban J connectivity index is 1.75. The third-order valence-electron chi connectivity index (χ3n) is 4.11. The topological polar surface area (TPSA) is 56.8 Å². The van der Waals surface area contributed by atoms with Crippen LogP contribution in [-0.2, 0) is 10.2 Å². The van der Waals surface area contributed by atoms with Crippen LogP contribution in [0.4, 0.5) is 0 Å². The monoisotopic (exact) mass is 371 g/mol. The van der Waals surface area contributed by atoms with E-state index in [0.29, 0.717) is 24.7 Å². The summed E-state index contributed by atoms with van der Waals surface area (Å²) in [5.74, 6) is 1.94. The van der Waals surface area contributed by atoms with Crippen LogP contribution in [-0.4, -0.2) is 32.3 Å². The molecule has 0 bridgehead atoms. The van der Waals surface area contributed by atoms with Crippen LogP contribution < -0.4 is 19.5 Å². The number of nitrogens with one attached hydrogen (secondary N) is 1. The third-order valence-corrected chi connectivity index (χ3v) is 4.11. The number of rotatable bonds is 8. The highest BCUT2D eigenvalue weighted by Crippen LogP contribution is 2.24. The summed E-state index contributed by atoms with van der Waals surface area (Å²) in [6.07, 6.45) is -0.581. The first-order valence-electron chi connectivity index (χ1n) is 9.11. The zero-order chi connectivity index (χ0) is 19.9. The lowest BCUT2D eigenvalue weighted by molar-refractivity contribution is -0.127. The van der Waals surface area contributed by atoms with Gasteiger partial charge in [0, 0.05) is 6.07 Å². The van der Waals surface area contributed by atoms with Crippen molar-refractivity contribution in [1.82, 2.24) is 5.32 Å². The maximum atomic E-state index is 12.2. The Morgan fingerprint density at radius 1 is 1.04 bits per heavy atom. The summed E-state index contributed by atoms with van der Waals surface area (Å²) in [5, 5.41) is 2.82. The van der Waals surface area contributed by atoms with Crippen molar-refractivity contribution in [3.05, 3.63) is 54.1 Å². The molecule has 27 heavy (non-hydrogen) atoms. The zero-order valence-corrected chi connectivity index (χ0v) is 16.7. The standard InChI is InChI=1S/C22H29NO4/c1-16(27-18-11-9-17(10-12-18)22(2,3)4)21(24)23-13-14-26-20-8-6-7-19(15-20)25-5/h6-12,15-16H,13-14H2,1-5H3,(H,23,24)/t16-/m0/s1. The van der Waals surface area contributed by atoms with Gasteiger partial charge in [-0.2, -0.15) is 0 Å². The molecule has 0 saturated heterocycles. The minimum Gasteiger partial charge on any atom is -0.497 e. The quantitative estimate of drug-likeness (QED) is 0.714. The van der Waals surface area contributed by atoms with Crippen molar-refractivity contribution >= 4 is 5.91 Å². The van der Waals surface area contributed by atoms with E-state index in [1.807, 2.05) is 42.5 Å². The van der Waals surface area contributed by atoms with Gasteiger partial charge in [-0.3, -0.25) is 4.79 Å². The van der Waals surface area contributed by atoms with E-state index in [9.17, 15) is 4.79 Å². The molecule has 0 aromatic heterocycles. The maximum Gasteiger partial charge on any atom is 0.260 e. The van der Waals surface area contributed by atoms with Gasteiger partial charge < -0.3 is 19.5 Å². The minimum atomic E-state index is -0.581. The number of hydrogen-bond donors (Lipinski definition) is 1. The molecule has 0 heterocycles. The summed E-state index contributed by atoms with van der Waals surface area (Å²) in [4.78, 5) is 12.2. The van der Waals surface area contributed by atoms with Gasteiger partial charge in [0.2, 0.25) is 0 Å². The molecule has 1 amide bonds. The summed E-state index contributed by atoms with van der Waals surface area (Å²) in [7, 11) is 1.61. The molecule has 146 valence electrons. The van der Waals surface area contributed by atoms with E-state index in [0.717, 1.165) is 5.75 Å². The molecule has 2 aromatic rings. The number of amides is 1. The fourth-order valence-electron chi connectivity index (χ4n) is 2.47. The van der Waals surface area contributed by atoms with Gasteiger partial charge in [0.05, 0.1) is 13.7 Å². The van der Waals surface area contributed by atoms with E-state index in [1.54, 1.807) is 20.1 Å². The van der Waals surface area contributed by atoms with Crippen LogP contribution in [0.15, 0.2) is 48.5 Å². The van der Waals surface area contributed by atoms with Crippen LogP contribution in [0.2, 0.25) is 0 Å². The lowest BCUT2D eigenvalue weighted by atomic mass is 9.87. The largest absolute Gasteiger partial charge is 0.497 e. The zero-order valence-electron chi connectivity index (χ0n) is 16.7. The van der Waals surface area contributed by atoms with Crippen LogP contribution in [0.25, 0.3) is 0 Å². The summed E-state index contributed by atoms with van der Waals surface area (Å²) in [6.45, 7) is 8.97. The summed E-state index contributed by atoms with van der Waals surface area (Å²) in [5.41, 5.74) is 1.31. The smallest absolute Gasteiger partial charge is 0.260 e. The first kappa shape index (κ1) is 20.6. The molecule has 0 radical (unpaired) electrons. The summed E-state index contributed by atoms with van der Waals surface area (Å²) in [6, 6.07) is 15.2. The summed E-state index contributed by atoms with van der Waals surface area (Å²) < 4.78 is 16.5. The van der Waals surface area contributed by atoms with Crippen LogP contribution in [0.1, 0.15) is 33.3 Å². The van der Waals surface area contributed by atoms with Crippen molar-refractivity contribution in [2.45, 2.75) is 39.2 Å². The van der Waals surface area contributed by atoms with Crippen molar-refractivity contribution in [1.29, 1.82) is 0 Å². The average molecular weight is 371 g/mol. The second-order valence-electron chi connectivity index (χ2n) is 7.35. The van der Waals surface area contributed by atoms with Gasteiger partial charge in [-0.05, 0) is 42.2 Å². The number of carbonyl (C=O) groups is 1. The van der Waals surface area contributed by atoms with Crippen LogP contribution in [0, 0.1) is 0 Å². The molecule has 1 atom stereocenters. The molecule has 0 fully saturated rings. The minimum absolute atomic E-state index is 0.0876. The molecule has 0 aliphatic heterocycles. The predicted molar refractivity (Wildman–Crippen MR) is 107 cm³/mol. The van der Waals surface area contributed by atoms with Crippen LogP contribution in [0.3, 0.4) is 0 Å². The molecule has 5 nitrogen and oxygen atoms in total. The Labute approximate surface area is 161 Å². The molecular formula is C22H29NO4. The van der Waals surface area contributed by atoms with Gasteiger partial charge in [-0.25, -0.2) is 0 Å². The number of methoxy groups -OCH3 is 1. The van der Waals surface area contributed by atoms with Crippen LogP contribution >= 0.6 is 0 Å². The van der Waals surface area contributed by atoms with Gasteiger partial charge in [-0.15, -0.1) is 0 Å². The predicted octanol–water partition coefficient (Wildman–Crippen LogP) is 3.96. The van der Waals surface area contributed by atoms with Crippen molar-refractivity contribution in [2.75, 3.05) is 20.3 Å². The van der Waals surface area contributed by atoms with Gasteiger partial charge >= 0.3 is 0 Å². The highest BCUT2D eigenvalue weighted by molar-refractivity contribution is 5.80. The molecule has 2 aromatic carbocycles. The Morgan fingerprint density at radius 2 is 1.70 bits per heavy atom. The molecule has 0 unspecified atom stereocenters. The number of ether oxygens (including phenoxy) is 3. The third kappa shape index (κ3) is 6.51. The second-order valence-corrected chi connectivity index (χ2v) is 7.35. The highest BCUT2D eigenvalue weighted by atomic mass is 16.5. The average Bonchev–Trinajstić information content (AvgIpc) is 2.65. The number of carbonyl (C=O) groups excluding carboxylic acids is 1. The van der Waals surface area contributed by atoms with E-state index >= 15 is 0 Å². The molecule has 1 N–H and O–H groups in total. The van der Waals surface area contributed by atoms with E-state index in [-0.39, 0.29) is 11.3 Å². The molecule has 5 heteroatoms.